The molecule has 0 aliphatic carbocycles. The van der Waals surface area contributed by atoms with Crippen LogP contribution in [0.2, 0.25) is 0 Å². The molecular formula is C16H31IN6. The van der Waals surface area contributed by atoms with Crippen LogP contribution in [0.25, 0.3) is 0 Å². The Morgan fingerprint density at radius 2 is 2.22 bits per heavy atom. The van der Waals surface area contributed by atoms with E-state index < -0.39 is 0 Å². The van der Waals surface area contributed by atoms with Crippen molar-refractivity contribution in [3.05, 3.63) is 24.8 Å². The Hall–Kier alpha value is -1.12. The minimum atomic E-state index is 0. The first-order valence-corrected chi connectivity index (χ1v) is 8.12. The number of allylic oxidation sites excluding steroid dienone is 1. The smallest absolute Gasteiger partial charge is 0.193 e. The summed E-state index contributed by atoms with van der Waals surface area (Å²) >= 11 is 0. The molecule has 0 bridgehead atoms. The number of hydrogen-bond acceptors (Lipinski definition) is 3. The molecule has 0 atom stereocenters. The highest BCUT2D eigenvalue weighted by Gasteiger charge is 2.06. The van der Waals surface area contributed by atoms with E-state index in [1.54, 1.807) is 6.33 Å². The molecule has 0 aromatic carbocycles. The van der Waals surface area contributed by atoms with E-state index in [9.17, 15) is 0 Å². The Morgan fingerprint density at radius 3 is 2.87 bits per heavy atom. The molecule has 0 aliphatic rings. The number of nitrogens with one attached hydrogen (secondary N) is 1. The number of aliphatic imine (C=N–C) groups is 1. The Balaban J connectivity index is 0.00000484. The van der Waals surface area contributed by atoms with E-state index in [-0.39, 0.29) is 24.0 Å². The Bertz CT molecular complexity index is 457. The number of nitrogens with zero attached hydrogens (tertiary/aromatic N) is 5. The molecule has 1 aromatic heterocycles. The van der Waals surface area contributed by atoms with Gasteiger partial charge in [-0.15, -0.1) is 40.8 Å². The molecule has 1 rings (SSSR count). The van der Waals surface area contributed by atoms with E-state index in [1.807, 2.05) is 13.1 Å². The van der Waals surface area contributed by atoms with Crippen molar-refractivity contribution in [2.24, 2.45) is 4.99 Å². The standard InChI is InChI=1S/C16H30N6.HI/c1-5-7-8-9-10-12-21(4)16(17-3)18-11-13-22-14-19-20-15(22)6-2;/h5,14H,1,6-13H2,2-4H3,(H,17,18);1H. The third kappa shape index (κ3) is 8.34. The van der Waals surface area contributed by atoms with Crippen LogP contribution in [0.1, 0.15) is 38.4 Å². The van der Waals surface area contributed by atoms with Crippen molar-refractivity contribution in [1.82, 2.24) is 25.0 Å². The molecule has 7 heteroatoms. The van der Waals surface area contributed by atoms with Crippen LogP contribution in [0.15, 0.2) is 24.0 Å². The molecule has 1 N–H and O–H groups in total. The molecule has 0 radical (unpaired) electrons. The molecule has 0 spiro atoms. The average molecular weight is 434 g/mol. The summed E-state index contributed by atoms with van der Waals surface area (Å²) in [5.74, 6) is 1.96. The molecule has 1 aromatic rings. The summed E-state index contributed by atoms with van der Waals surface area (Å²) in [5.41, 5.74) is 0. The van der Waals surface area contributed by atoms with E-state index in [0.29, 0.717) is 0 Å². The van der Waals surface area contributed by atoms with Gasteiger partial charge in [0, 0.05) is 40.2 Å². The predicted molar refractivity (Wildman–Crippen MR) is 107 cm³/mol. The van der Waals surface area contributed by atoms with Crippen LogP contribution in [0, 0.1) is 0 Å². The molecule has 1 heterocycles. The fraction of sp³-hybridized carbons (Fsp3) is 0.688. The average Bonchev–Trinajstić information content (AvgIpc) is 2.98. The normalized spacial score (nSPS) is 11.0. The number of rotatable bonds is 10. The van der Waals surface area contributed by atoms with Gasteiger partial charge < -0.3 is 14.8 Å². The lowest BCUT2D eigenvalue weighted by molar-refractivity contribution is 0.452. The lowest BCUT2D eigenvalue weighted by Gasteiger charge is -2.22. The van der Waals surface area contributed by atoms with E-state index in [0.717, 1.165) is 44.3 Å². The molecular weight excluding hydrogens is 403 g/mol. The van der Waals surface area contributed by atoms with Crippen molar-refractivity contribution < 1.29 is 0 Å². The molecule has 0 unspecified atom stereocenters. The number of halogens is 1. The molecule has 0 aliphatic heterocycles. The maximum Gasteiger partial charge on any atom is 0.193 e. The van der Waals surface area contributed by atoms with E-state index in [2.05, 4.69) is 50.5 Å². The van der Waals surface area contributed by atoms with Gasteiger partial charge in [-0.3, -0.25) is 4.99 Å². The first kappa shape index (κ1) is 21.9. The number of guanidine groups is 1. The van der Waals surface area contributed by atoms with Crippen molar-refractivity contribution in [2.45, 2.75) is 45.6 Å². The summed E-state index contributed by atoms with van der Waals surface area (Å²) in [6.45, 7) is 8.53. The third-order valence-corrected chi connectivity index (χ3v) is 3.62. The zero-order valence-electron chi connectivity index (χ0n) is 14.7. The molecule has 132 valence electrons. The van der Waals surface area contributed by atoms with Gasteiger partial charge in [0.25, 0.3) is 0 Å². The number of hydrogen-bond donors (Lipinski definition) is 1. The summed E-state index contributed by atoms with van der Waals surface area (Å²) in [5, 5.41) is 11.4. The molecule has 0 fully saturated rings. The first-order chi connectivity index (χ1) is 10.7. The van der Waals surface area contributed by atoms with Gasteiger partial charge in [0.2, 0.25) is 0 Å². The lowest BCUT2D eigenvalue weighted by Crippen LogP contribution is -2.40. The minimum Gasteiger partial charge on any atom is -0.354 e. The van der Waals surface area contributed by atoms with Crippen LogP contribution in [0.3, 0.4) is 0 Å². The van der Waals surface area contributed by atoms with Gasteiger partial charge in [-0.2, -0.15) is 0 Å². The van der Waals surface area contributed by atoms with Crippen LogP contribution >= 0.6 is 24.0 Å². The Kier molecular flexibility index (Phi) is 12.7. The van der Waals surface area contributed by atoms with E-state index in [1.165, 1.54) is 19.3 Å². The zero-order chi connectivity index (χ0) is 16.2. The maximum absolute atomic E-state index is 4.34. The maximum atomic E-state index is 4.34. The molecule has 0 amide bonds. The summed E-state index contributed by atoms with van der Waals surface area (Å²) in [6, 6.07) is 0. The summed E-state index contributed by atoms with van der Waals surface area (Å²) in [7, 11) is 3.91. The Morgan fingerprint density at radius 1 is 1.43 bits per heavy atom. The molecule has 23 heavy (non-hydrogen) atoms. The lowest BCUT2D eigenvalue weighted by atomic mass is 10.2. The number of aromatic nitrogens is 3. The van der Waals surface area contributed by atoms with Crippen LogP contribution in [-0.4, -0.2) is 52.8 Å². The molecule has 6 nitrogen and oxygen atoms in total. The van der Waals surface area contributed by atoms with E-state index >= 15 is 0 Å². The van der Waals surface area contributed by atoms with Gasteiger partial charge in [-0.05, 0) is 19.3 Å². The number of unbranched alkanes of at least 4 members (excludes halogenated alkanes) is 3. The van der Waals surface area contributed by atoms with Gasteiger partial charge in [0.05, 0.1) is 0 Å². The Labute approximate surface area is 157 Å². The van der Waals surface area contributed by atoms with Crippen molar-refractivity contribution in [2.75, 3.05) is 27.2 Å². The fourth-order valence-corrected chi connectivity index (χ4v) is 2.33. The predicted octanol–water partition coefficient (Wildman–Crippen LogP) is 2.71. The van der Waals surface area contributed by atoms with Crippen molar-refractivity contribution >= 4 is 29.9 Å². The second kappa shape index (κ2) is 13.3. The van der Waals surface area contributed by atoms with Crippen molar-refractivity contribution in [3.8, 4) is 0 Å². The summed E-state index contributed by atoms with van der Waals surface area (Å²) in [6.07, 6.45) is 9.40. The van der Waals surface area contributed by atoms with Crippen molar-refractivity contribution in [3.63, 3.8) is 0 Å². The monoisotopic (exact) mass is 434 g/mol. The minimum absolute atomic E-state index is 0. The highest BCUT2D eigenvalue weighted by molar-refractivity contribution is 14.0. The molecule has 0 saturated heterocycles. The first-order valence-electron chi connectivity index (χ1n) is 8.12. The van der Waals surface area contributed by atoms with Gasteiger partial charge in [-0.25, -0.2) is 0 Å². The van der Waals surface area contributed by atoms with Gasteiger partial charge in [0.1, 0.15) is 12.2 Å². The second-order valence-electron chi connectivity index (χ2n) is 5.33. The van der Waals surface area contributed by atoms with E-state index in [4.69, 9.17) is 0 Å². The van der Waals surface area contributed by atoms with Gasteiger partial charge in [0.15, 0.2) is 5.96 Å². The van der Waals surface area contributed by atoms with Crippen molar-refractivity contribution in [1.29, 1.82) is 0 Å². The van der Waals surface area contributed by atoms with Gasteiger partial charge in [-0.1, -0.05) is 19.4 Å². The van der Waals surface area contributed by atoms with Crippen LogP contribution in [0.5, 0.6) is 0 Å². The zero-order valence-corrected chi connectivity index (χ0v) is 17.0. The topological polar surface area (TPSA) is 58.3 Å². The summed E-state index contributed by atoms with van der Waals surface area (Å²) in [4.78, 5) is 6.52. The SMILES string of the molecule is C=CCCCCCN(C)C(=NC)NCCn1cnnc1CC.I. The molecule has 0 saturated carbocycles. The van der Waals surface area contributed by atoms with Crippen LogP contribution < -0.4 is 5.32 Å². The summed E-state index contributed by atoms with van der Waals surface area (Å²) < 4.78 is 2.08. The van der Waals surface area contributed by atoms with Crippen LogP contribution in [0.4, 0.5) is 0 Å². The fourth-order valence-electron chi connectivity index (χ4n) is 2.33. The number of aryl methyl sites for hydroxylation is 1. The quantitative estimate of drug-likeness (QED) is 0.202. The third-order valence-electron chi connectivity index (χ3n) is 3.62. The highest BCUT2D eigenvalue weighted by Crippen LogP contribution is 2.01. The highest BCUT2D eigenvalue weighted by atomic mass is 127. The van der Waals surface area contributed by atoms with Gasteiger partial charge >= 0.3 is 0 Å². The largest absolute Gasteiger partial charge is 0.354 e. The second-order valence-corrected chi connectivity index (χ2v) is 5.33. The van der Waals surface area contributed by atoms with Crippen LogP contribution in [-0.2, 0) is 13.0 Å².